The topological polar surface area (TPSA) is 98.9 Å². The van der Waals surface area contributed by atoms with Gasteiger partial charge in [-0.15, -0.1) is 4.91 Å². The normalized spacial score (nSPS) is 13.4. The minimum Gasteiger partial charge on any atom is -0.396 e. The summed E-state index contributed by atoms with van der Waals surface area (Å²) in [7, 11) is 0. The Balaban J connectivity index is 3.09. The van der Waals surface area contributed by atoms with Crippen LogP contribution >= 0.6 is 0 Å². The zero-order chi connectivity index (χ0) is 13.7. The molecular formula is C10H9FN2O5. The molecule has 1 aromatic carbocycles. The molecule has 0 N–H and O–H groups in total. The first-order valence-corrected chi connectivity index (χ1v) is 4.84. The van der Waals surface area contributed by atoms with Gasteiger partial charge >= 0.3 is 12.2 Å². The Labute approximate surface area is 101 Å². The molecule has 0 aliphatic carbocycles. The van der Waals surface area contributed by atoms with Crippen molar-refractivity contribution in [1.29, 1.82) is 0 Å². The fourth-order valence-corrected chi connectivity index (χ4v) is 1.36. The van der Waals surface area contributed by atoms with E-state index in [4.69, 9.17) is 0 Å². The van der Waals surface area contributed by atoms with E-state index in [1.807, 2.05) is 0 Å². The van der Waals surface area contributed by atoms with Gasteiger partial charge in [0, 0.05) is 6.92 Å². The Kier molecular flexibility index (Phi) is 4.41. The average Bonchev–Trinajstić information content (AvgIpc) is 2.28. The van der Waals surface area contributed by atoms with E-state index in [1.165, 1.54) is 12.1 Å². The number of carbonyl (C=O) groups excluding carboxylic acids is 1. The van der Waals surface area contributed by atoms with Gasteiger partial charge in [-0.05, 0) is 22.9 Å². The summed E-state index contributed by atoms with van der Waals surface area (Å²) in [5.41, 5.74) is -0.0343. The highest BCUT2D eigenvalue weighted by molar-refractivity contribution is 5.66. The summed E-state index contributed by atoms with van der Waals surface area (Å²) in [5, 5.41) is 13.3. The number of halogens is 1. The van der Waals surface area contributed by atoms with Gasteiger partial charge in [-0.3, -0.25) is 14.9 Å². The number of nitrogens with zero attached hydrogens (tertiary/aromatic N) is 2. The minimum atomic E-state index is -1.97. The third kappa shape index (κ3) is 3.30. The van der Waals surface area contributed by atoms with Crippen LogP contribution in [0.2, 0.25) is 0 Å². The van der Waals surface area contributed by atoms with Crippen molar-refractivity contribution in [3.05, 3.63) is 50.7 Å². The fourth-order valence-electron chi connectivity index (χ4n) is 1.36. The standard InChI is InChI=1S/C10H9FN2O5/c1-6(14)18-10(13(16)17)9(12-15)7-3-2-4-8(11)5-7/h2-5,9-10H,1H3. The van der Waals surface area contributed by atoms with Crippen molar-refractivity contribution in [2.75, 3.05) is 0 Å². The molecule has 2 atom stereocenters. The zero-order valence-corrected chi connectivity index (χ0v) is 9.28. The molecule has 0 aromatic heterocycles. The van der Waals surface area contributed by atoms with Crippen LogP contribution in [0, 0.1) is 20.8 Å². The maximum absolute atomic E-state index is 13.0. The van der Waals surface area contributed by atoms with Crippen LogP contribution in [-0.4, -0.2) is 17.1 Å². The Morgan fingerprint density at radius 2 is 2.22 bits per heavy atom. The lowest BCUT2D eigenvalue weighted by Gasteiger charge is -2.14. The predicted octanol–water partition coefficient (Wildman–Crippen LogP) is 1.80. The van der Waals surface area contributed by atoms with Gasteiger partial charge < -0.3 is 4.74 Å². The third-order valence-electron chi connectivity index (χ3n) is 2.07. The Morgan fingerprint density at radius 1 is 1.56 bits per heavy atom. The van der Waals surface area contributed by atoms with E-state index in [1.54, 1.807) is 0 Å². The summed E-state index contributed by atoms with van der Waals surface area (Å²) in [4.78, 5) is 31.2. The van der Waals surface area contributed by atoms with Gasteiger partial charge in [-0.1, -0.05) is 12.1 Å². The number of carbonyl (C=O) groups is 1. The second-order valence-electron chi connectivity index (χ2n) is 3.39. The van der Waals surface area contributed by atoms with Crippen LogP contribution in [0.3, 0.4) is 0 Å². The quantitative estimate of drug-likeness (QED) is 0.263. The molecule has 0 heterocycles. The first kappa shape index (κ1) is 13.7. The highest BCUT2D eigenvalue weighted by atomic mass is 19.1. The lowest BCUT2D eigenvalue weighted by atomic mass is 10.1. The second-order valence-corrected chi connectivity index (χ2v) is 3.39. The number of hydrogen-bond donors (Lipinski definition) is 0. The smallest absolute Gasteiger partial charge is 0.386 e. The molecule has 0 spiro atoms. The summed E-state index contributed by atoms with van der Waals surface area (Å²) < 4.78 is 17.4. The summed E-state index contributed by atoms with van der Waals surface area (Å²) >= 11 is 0. The van der Waals surface area contributed by atoms with Crippen molar-refractivity contribution in [2.24, 2.45) is 5.18 Å². The molecule has 0 bridgehead atoms. The lowest BCUT2D eigenvalue weighted by Crippen LogP contribution is -2.31. The number of esters is 1. The molecule has 0 saturated carbocycles. The summed E-state index contributed by atoms with van der Waals surface area (Å²) in [6.07, 6.45) is -1.97. The van der Waals surface area contributed by atoms with Crippen LogP contribution in [0.4, 0.5) is 4.39 Å². The van der Waals surface area contributed by atoms with Crippen molar-refractivity contribution in [1.82, 2.24) is 0 Å². The molecular weight excluding hydrogens is 247 g/mol. The van der Waals surface area contributed by atoms with Gasteiger partial charge in [0.25, 0.3) is 0 Å². The molecule has 0 amide bonds. The van der Waals surface area contributed by atoms with Gasteiger partial charge in [0.1, 0.15) is 5.82 Å². The molecule has 0 saturated heterocycles. The number of rotatable bonds is 5. The molecule has 1 aromatic rings. The molecule has 0 fully saturated rings. The predicted molar refractivity (Wildman–Crippen MR) is 57.5 cm³/mol. The molecule has 2 unspecified atom stereocenters. The molecule has 0 aliphatic heterocycles. The number of ether oxygens (including phenoxy) is 1. The number of benzene rings is 1. The second kappa shape index (κ2) is 5.80. The van der Waals surface area contributed by atoms with Gasteiger partial charge in [0.15, 0.2) is 0 Å². The van der Waals surface area contributed by atoms with Crippen molar-refractivity contribution < 1.29 is 18.8 Å². The number of hydrogen-bond acceptors (Lipinski definition) is 6. The van der Waals surface area contributed by atoms with Crippen LogP contribution in [0.5, 0.6) is 0 Å². The summed E-state index contributed by atoms with van der Waals surface area (Å²) in [6.45, 7) is 0.962. The van der Waals surface area contributed by atoms with Crippen molar-refractivity contribution >= 4 is 5.97 Å². The average molecular weight is 256 g/mol. The summed E-state index contributed by atoms with van der Waals surface area (Å²) in [6, 6.07) is 2.99. The molecule has 96 valence electrons. The van der Waals surface area contributed by atoms with Gasteiger partial charge in [-0.2, -0.15) is 0 Å². The minimum absolute atomic E-state index is 0.0343. The largest absolute Gasteiger partial charge is 0.396 e. The van der Waals surface area contributed by atoms with Crippen LogP contribution < -0.4 is 0 Å². The van der Waals surface area contributed by atoms with Gasteiger partial charge in [-0.25, -0.2) is 4.39 Å². The Hall–Kier alpha value is -2.38. The first-order chi connectivity index (χ1) is 8.45. The van der Waals surface area contributed by atoms with E-state index in [2.05, 4.69) is 9.91 Å². The van der Waals surface area contributed by atoms with E-state index in [0.29, 0.717) is 0 Å². The van der Waals surface area contributed by atoms with E-state index < -0.39 is 29.0 Å². The third-order valence-corrected chi connectivity index (χ3v) is 2.07. The molecule has 18 heavy (non-hydrogen) atoms. The molecule has 0 radical (unpaired) electrons. The number of nitro groups is 1. The van der Waals surface area contributed by atoms with E-state index >= 15 is 0 Å². The van der Waals surface area contributed by atoms with Crippen molar-refractivity contribution in [3.8, 4) is 0 Å². The molecule has 8 heteroatoms. The van der Waals surface area contributed by atoms with Crippen molar-refractivity contribution in [2.45, 2.75) is 19.2 Å². The Bertz CT molecular complexity index is 479. The fraction of sp³-hybridized carbons (Fsp3) is 0.300. The highest BCUT2D eigenvalue weighted by Crippen LogP contribution is 2.24. The maximum Gasteiger partial charge on any atom is 0.386 e. The van der Waals surface area contributed by atoms with E-state index in [9.17, 15) is 24.2 Å². The summed E-state index contributed by atoms with van der Waals surface area (Å²) in [5.74, 6) is -1.60. The van der Waals surface area contributed by atoms with Crippen LogP contribution in [-0.2, 0) is 9.53 Å². The zero-order valence-electron chi connectivity index (χ0n) is 9.28. The van der Waals surface area contributed by atoms with E-state index in [-0.39, 0.29) is 5.56 Å². The lowest BCUT2D eigenvalue weighted by molar-refractivity contribution is -0.572. The van der Waals surface area contributed by atoms with Crippen molar-refractivity contribution in [3.63, 3.8) is 0 Å². The molecule has 7 nitrogen and oxygen atoms in total. The van der Waals surface area contributed by atoms with Gasteiger partial charge in [0.05, 0.1) is 4.92 Å². The van der Waals surface area contributed by atoms with Crippen LogP contribution in [0.15, 0.2) is 29.4 Å². The molecule has 0 aliphatic rings. The monoisotopic (exact) mass is 256 g/mol. The Morgan fingerprint density at radius 3 is 2.67 bits per heavy atom. The highest BCUT2D eigenvalue weighted by Gasteiger charge is 2.37. The van der Waals surface area contributed by atoms with Crippen LogP contribution in [0.1, 0.15) is 18.5 Å². The SMILES string of the molecule is CC(=O)OC(C(N=O)c1cccc(F)c1)[N+](=O)[O-]. The van der Waals surface area contributed by atoms with Gasteiger partial charge in [0.2, 0.25) is 6.04 Å². The maximum atomic E-state index is 13.0. The number of nitroso groups, excluding NO2 is 1. The van der Waals surface area contributed by atoms with E-state index in [0.717, 1.165) is 19.1 Å². The molecule has 1 rings (SSSR count). The van der Waals surface area contributed by atoms with Crippen LogP contribution in [0.25, 0.3) is 0 Å². The first-order valence-electron chi connectivity index (χ1n) is 4.84.